The molecule has 1 aromatic heterocycles. The van der Waals surface area contributed by atoms with Crippen LogP contribution in [-0.4, -0.2) is 40.1 Å². The monoisotopic (exact) mass is 468 g/mol. The molecule has 0 saturated carbocycles. The first-order valence-corrected chi connectivity index (χ1v) is 10.4. The number of halogens is 2. The average molecular weight is 469 g/mol. The lowest BCUT2D eigenvalue weighted by Gasteiger charge is -2.25. The van der Waals surface area contributed by atoms with Crippen molar-refractivity contribution >= 4 is 51.8 Å². The number of amides is 1. The Bertz CT molecular complexity index is 1010. The molecular formula is C22H26Cl2N2O5. The summed E-state index contributed by atoms with van der Waals surface area (Å²) in [6.45, 7) is 10.2. The van der Waals surface area contributed by atoms with Gasteiger partial charge in [-0.05, 0) is 53.7 Å². The molecule has 2 aromatic rings. The minimum Gasteiger partial charge on any atom is -0.460 e. The Morgan fingerprint density at radius 2 is 1.61 bits per heavy atom. The van der Waals surface area contributed by atoms with Crippen molar-refractivity contribution in [3.63, 3.8) is 0 Å². The maximum Gasteiger partial charge on any atom is 0.329 e. The molecule has 0 bridgehead atoms. The van der Waals surface area contributed by atoms with E-state index in [0.29, 0.717) is 15.8 Å². The number of nitrogens with zero attached hydrogens (tertiary/aromatic N) is 1. The van der Waals surface area contributed by atoms with Crippen molar-refractivity contribution in [2.24, 2.45) is 0 Å². The van der Waals surface area contributed by atoms with E-state index in [9.17, 15) is 14.4 Å². The second kappa shape index (κ2) is 9.40. The van der Waals surface area contributed by atoms with E-state index in [2.05, 4.69) is 10.3 Å². The van der Waals surface area contributed by atoms with Crippen LogP contribution in [0.5, 0.6) is 0 Å². The minimum atomic E-state index is -1.23. The third-order valence-corrected chi connectivity index (χ3v) is 4.44. The molecule has 0 aliphatic carbocycles. The van der Waals surface area contributed by atoms with Crippen molar-refractivity contribution in [1.82, 2.24) is 10.3 Å². The number of ether oxygens (including phenoxy) is 2. The molecule has 0 fully saturated rings. The van der Waals surface area contributed by atoms with Gasteiger partial charge in [-0.3, -0.25) is 9.59 Å². The number of hydrogen-bond donors (Lipinski definition) is 1. The molecule has 0 aliphatic heterocycles. The number of esters is 2. The number of hydrogen-bond acceptors (Lipinski definition) is 6. The van der Waals surface area contributed by atoms with Gasteiger partial charge in [-0.25, -0.2) is 9.78 Å². The summed E-state index contributed by atoms with van der Waals surface area (Å²) in [4.78, 5) is 41.8. The van der Waals surface area contributed by atoms with Crippen LogP contribution in [0.25, 0.3) is 10.8 Å². The standard InChI is InChI=1S/C22H26Cl2N2O5/c1-21(2,3)30-17(27)10-16(20(29)31-22(4,5)6)26-19(28)12-7-8-13-14(9-12)18(24)25-11-15(13)23/h7-9,11,16H,10H2,1-6H3,(H,26,28). The molecule has 1 amide bonds. The molecule has 1 aromatic carbocycles. The summed E-state index contributed by atoms with van der Waals surface area (Å²) in [6.07, 6.45) is 1.05. The Morgan fingerprint density at radius 3 is 2.19 bits per heavy atom. The van der Waals surface area contributed by atoms with Gasteiger partial charge in [0.15, 0.2) is 0 Å². The largest absolute Gasteiger partial charge is 0.460 e. The van der Waals surface area contributed by atoms with Crippen molar-refractivity contribution in [2.75, 3.05) is 0 Å². The zero-order chi connectivity index (χ0) is 23.6. The van der Waals surface area contributed by atoms with Crippen LogP contribution >= 0.6 is 23.2 Å². The van der Waals surface area contributed by atoms with E-state index in [0.717, 1.165) is 0 Å². The normalized spacial score (nSPS) is 12.9. The molecule has 0 saturated heterocycles. The highest BCUT2D eigenvalue weighted by atomic mass is 35.5. The van der Waals surface area contributed by atoms with E-state index in [-0.39, 0.29) is 17.1 Å². The van der Waals surface area contributed by atoms with Crippen molar-refractivity contribution < 1.29 is 23.9 Å². The van der Waals surface area contributed by atoms with Gasteiger partial charge in [0.2, 0.25) is 0 Å². The Morgan fingerprint density at radius 1 is 1.00 bits per heavy atom. The second-order valence-electron chi connectivity index (χ2n) is 9.01. The molecule has 1 N–H and O–H groups in total. The number of rotatable bonds is 5. The first kappa shape index (κ1) is 24.9. The fourth-order valence-electron chi connectivity index (χ4n) is 2.67. The predicted octanol–water partition coefficient (Wildman–Crippen LogP) is 4.71. The summed E-state index contributed by atoms with van der Waals surface area (Å²) in [5, 5.41) is 4.26. The SMILES string of the molecule is CC(C)(C)OC(=O)CC(NC(=O)c1ccc2c(Cl)cnc(Cl)c2c1)C(=O)OC(C)(C)C. The molecule has 2 rings (SSSR count). The van der Waals surface area contributed by atoms with Crippen LogP contribution in [0.2, 0.25) is 10.2 Å². The van der Waals surface area contributed by atoms with Gasteiger partial charge >= 0.3 is 11.9 Å². The molecule has 0 spiro atoms. The molecule has 0 radical (unpaired) electrons. The Kier molecular flexibility index (Phi) is 7.55. The van der Waals surface area contributed by atoms with Gasteiger partial charge < -0.3 is 14.8 Å². The quantitative estimate of drug-likeness (QED) is 0.503. The molecular weight excluding hydrogens is 443 g/mol. The zero-order valence-corrected chi connectivity index (χ0v) is 19.9. The molecule has 1 atom stereocenters. The van der Waals surface area contributed by atoms with E-state index < -0.39 is 35.1 Å². The van der Waals surface area contributed by atoms with Crippen LogP contribution in [0.3, 0.4) is 0 Å². The topological polar surface area (TPSA) is 94.6 Å². The fourth-order valence-corrected chi connectivity index (χ4v) is 3.09. The van der Waals surface area contributed by atoms with Crippen molar-refractivity contribution in [2.45, 2.75) is 65.2 Å². The predicted molar refractivity (Wildman–Crippen MR) is 119 cm³/mol. The van der Waals surface area contributed by atoms with Crippen molar-refractivity contribution in [3.8, 4) is 0 Å². The van der Waals surface area contributed by atoms with Gasteiger partial charge in [-0.2, -0.15) is 0 Å². The highest BCUT2D eigenvalue weighted by molar-refractivity contribution is 6.39. The van der Waals surface area contributed by atoms with Gasteiger partial charge in [0.1, 0.15) is 22.4 Å². The first-order chi connectivity index (χ1) is 14.2. The summed E-state index contributed by atoms with van der Waals surface area (Å²) in [7, 11) is 0. The van der Waals surface area contributed by atoms with Gasteiger partial charge in [0, 0.05) is 22.5 Å². The highest BCUT2D eigenvalue weighted by Gasteiger charge is 2.31. The van der Waals surface area contributed by atoms with E-state index in [1.165, 1.54) is 12.3 Å². The van der Waals surface area contributed by atoms with E-state index in [1.807, 2.05) is 0 Å². The summed E-state index contributed by atoms with van der Waals surface area (Å²) >= 11 is 12.3. The number of fused-ring (bicyclic) bond motifs is 1. The van der Waals surface area contributed by atoms with Gasteiger partial charge in [-0.15, -0.1) is 0 Å². The summed E-state index contributed by atoms with van der Waals surface area (Å²) < 4.78 is 10.6. The maximum absolute atomic E-state index is 12.9. The number of carbonyl (C=O) groups is 3. The van der Waals surface area contributed by atoms with Crippen molar-refractivity contribution in [1.29, 1.82) is 0 Å². The lowest BCUT2D eigenvalue weighted by Crippen LogP contribution is -2.46. The Balaban J connectivity index is 2.29. The third-order valence-electron chi connectivity index (χ3n) is 3.84. The van der Waals surface area contributed by atoms with Gasteiger partial charge in [0.25, 0.3) is 5.91 Å². The smallest absolute Gasteiger partial charge is 0.329 e. The number of nitrogens with one attached hydrogen (secondary N) is 1. The minimum absolute atomic E-state index is 0.187. The van der Waals surface area contributed by atoms with Gasteiger partial charge in [0.05, 0.1) is 11.4 Å². The van der Waals surface area contributed by atoms with Crippen LogP contribution in [0.15, 0.2) is 24.4 Å². The van der Waals surface area contributed by atoms with Crippen LogP contribution < -0.4 is 5.32 Å². The second-order valence-corrected chi connectivity index (χ2v) is 9.77. The molecule has 7 nitrogen and oxygen atoms in total. The molecule has 1 heterocycles. The van der Waals surface area contributed by atoms with Gasteiger partial charge in [-0.1, -0.05) is 29.3 Å². The van der Waals surface area contributed by atoms with Crippen LogP contribution in [0.1, 0.15) is 58.3 Å². The number of aromatic nitrogens is 1. The summed E-state index contributed by atoms with van der Waals surface area (Å²) in [5.74, 6) is -1.96. The maximum atomic E-state index is 12.9. The molecule has 9 heteroatoms. The lowest BCUT2D eigenvalue weighted by molar-refractivity contribution is -0.164. The zero-order valence-electron chi connectivity index (χ0n) is 18.3. The summed E-state index contributed by atoms with van der Waals surface area (Å²) in [6, 6.07) is 3.46. The number of pyridine rings is 1. The fraction of sp³-hybridized carbons (Fsp3) is 0.455. The lowest BCUT2D eigenvalue weighted by atomic mass is 10.1. The molecule has 168 valence electrons. The molecule has 1 unspecified atom stereocenters. The van der Waals surface area contributed by atoms with Crippen LogP contribution in [0.4, 0.5) is 0 Å². The van der Waals surface area contributed by atoms with Crippen LogP contribution in [-0.2, 0) is 19.1 Å². The number of carbonyl (C=O) groups excluding carboxylic acids is 3. The molecule has 31 heavy (non-hydrogen) atoms. The van der Waals surface area contributed by atoms with Crippen LogP contribution in [0, 0.1) is 0 Å². The van der Waals surface area contributed by atoms with E-state index in [1.54, 1.807) is 53.7 Å². The highest BCUT2D eigenvalue weighted by Crippen LogP contribution is 2.28. The van der Waals surface area contributed by atoms with E-state index >= 15 is 0 Å². The number of benzene rings is 1. The third kappa shape index (κ3) is 7.36. The Labute approximate surface area is 191 Å². The van der Waals surface area contributed by atoms with E-state index in [4.69, 9.17) is 32.7 Å². The first-order valence-electron chi connectivity index (χ1n) is 9.65. The summed E-state index contributed by atoms with van der Waals surface area (Å²) in [5.41, 5.74) is -1.32. The Hall–Kier alpha value is -2.38. The average Bonchev–Trinajstić information content (AvgIpc) is 2.61. The molecule has 0 aliphatic rings. The van der Waals surface area contributed by atoms with Crippen molar-refractivity contribution in [3.05, 3.63) is 40.1 Å².